The van der Waals surface area contributed by atoms with Gasteiger partial charge in [-0.05, 0) is 61.4 Å². The Morgan fingerprint density at radius 1 is 0.625 bits per heavy atom. The van der Waals surface area contributed by atoms with Crippen molar-refractivity contribution in [2.45, 2.75) is 13.8 Å². The third-order valence-electron chi connectivity index (χ3n) is 4.54. The van der Waals surface area contributed by atoms with Crippen LogP contribution in [0.15, 0.2) is 83.0 Å². The molecule has 8 heteroatoms. The van der Waals surface area contributed by atoms with Crippen LogP contribution in [0.5, 0.6) is 0 Å². The number of amides is 2. The predicted octanol–water partition coefficient (Wildman–Crippen LogP) is 5.30. The predicted molar refractivity (Wildman–Crippen MR) is 129 cm³/mol. The highest BCUT2D eigenvalue weighted by Gasteiger charge is 2.07. The fourth-order valence-electron chi connectivity index (χ4n) is 2.74. The van der Waals surface area contributed by atoms with E-state index in [2.05, 4.69) is 21.1 Å². The third-order valence-corrected chi connectivity index (χ3v) is 5.01. The van der Waals surface area contributed by atoms with Crippen molar-refractivity contribution in [2.75, 3.05) is 0 Å². The van der Waals surface area contributed by atoms with E-state index in [0.29, 0.717) is 32.6 Å². The number of carbonyl (C=O) groups excluding carboxylic acids is 2. The minimum absolute atomic E-state index is 0.345. The highest BCUT2D eigenvalue weighted by atomic mass is 35.5. The SMILES string of the molecule is C/C(=N/NC(=O)c1cccc(Cl)c1)c1ccc(/C(C)=N\NC(=O)c2cccc(Cl)c2)cc1. The van der Waals surface area contributed by atoms with Crippen LogP contribution in [0.25, 0.3) is 0 Å². The molecule has 3 rings (SSSR count). The fourth-order valence-corrected chi connectivity index (χ4v) is 3.12. The maximum Gasteiger partial charge on any atom is 0.271 e. The Labute approximate surface area is 195 Å². The lowest BCUT2D eigenvalue weighted by atomic mass is 10.1. The minimum atomic E-state index is -0.345. The van der Waals surface area contributed by atoms with Gasteiger partial charge in [0.2, 0.25) is 0 Å². The van der Waals surface area contributed by atoms with Crippen molar-refractivity contribution < 1.29 is 9.59 Å². The van der Waals surface area contributed by atoms with Crippen LogP contribution in [0.2, 0.25) is 10.0 Å². The standard InChI is InChI=1S/C24H20Cl2N4O2/c1-15(27-29-23(31)19-5-3-7-21(25)13-19)17-9-11-18(12-10-17)16(2)28-30-24(32)20-6-4-8-22(26)14-20/h3-14H,1-2H3,(H,29,31)(H,30,32)/b27-15-,28-16-. The average molecular weight is 467 g/mol. The maximum atomic E-state index is 12.2. The number of carbonyl (C=O) groups is 2. The topological polar surface area (TPSA) is 82.9 Å². The Kier molecular flexibility index (Phi) is 7.76. The van der Waals surface area contributed by atoms with Crippen molar-refractivity contribution >= 4 is 46.4 Å². The van der Waals surface area contributed by atoms with E-state index in [9.17, 15) is 9.59 Å². The van der Waals surface area contributed by atoms with Crippen LogP contribution in [0.4, 0.5) is 0 Å². The fraction of sp³-hybridized carbons (Fsp3) is 0.0833. The number of hydrogen-bond donors (Lipinski definition) is 2. The molecule has 0 saturated heterocycles. The zero-order valence-corrected chi connectivity index (χ0v) is 18.9. The van der Waals surface area contributed by atoms with Gasteiger partial charge in [0, 0.05) is 21.2 Å². The second kappa shape index (κ2) is 10.7. The lowest BCUT2D eigenvalue weighted by molar-refractivity contribution is 0.0947. The van der Waals surface area contributed by atoms with Crippen LogP contribution < -0.4 is 10.9 Å². The molecule has 0 aliphatic carbocycles. The van der Waals surface area contributed by atoms with Crippen LogP contribution in [0.1, 0.15) is 45.7 Å². The van der Waals surface area contributed by atoms with E-state index in [0.717, 1.165) is 11.1 Å². The Morgan fingerprint density at radius 3 is 1.34 bits per heavy atom. The Bertz CT molecular complexity index is 1110. The number of nitrogens with one attached hydrogen (secondary N) is 2. The summed E-state index contributed by atoms with van der Waals surface area (Å²) in [4.78, 5) is 24.4. The molecule has 2 N–H and O–H groups in total. The molecule has 0 aliphatic heterocycles. The molecule has 0 atom stereocenters. The summed E-state index contributed by atoms with van der Waals surface area (Å²) in [5.41, 5.74) is 8.83. The van der Waals surface area contributed by atoms with E-state index in [1.54, 1.807) is 62.4 Å². The van der Waals surface area contributed by atoms with Gasteiger partial charge in [-0.2, -0.15) is 10.2 Å². The van der Waals surface area contributed by atoms with E-state index in [1.807, 2.05) is 24.3 Å². The summed E-state index contributed by atoms with van der Waals surface area (Å²) < 4.78 is 0. The van der Waals surface area contributed by atoms with Crippen LogP contribution in [0.3, 0.4) is 0 Å². The van der Waals surface area contributed by atoms with Crippen molar-refractivity contribution in [3.05, 3.63) is 105 Å². The zero-order chi connectivity index (χ0) is 23.1. The van der Waals surface area contributed by atoms with Crippen molar-refractivity contribution in [1.82, 2.24) is 10.9 Å². The van der Waals surface area contributed by atoms with Gasteiger partial charge in [0.25, 0.3) is 11.8 Å². The number of hydrogen-bond acceptors (Lipinski definition) is 4. The molecule has 0 aromatic heterocycles. The first-order chi connectivity index (χ1) is 15.3. The number of halogens is 2. The van der Waals surface area contributed by atoms with Gasteiger partial charge in [0.1, 0.15) is 0 Å². The Morgan fingerprint density at radius 2 is 1.00 bits per heavy atom. The van der Waals surface area contributed by atoms with Gasteiger partial charge in [-0.25, -0.2) is 10.9 Å². The smallest absolute Gasteiger partial charge is 0.267 e. The number of rotatable bonds is 6. The van der Waals surface area contributed by atoms with Gasteiger partial charge < -0.3 is 0 Å². The number of nitrogens with zero attached hydrogens (tertiary/aromatic N) is 2. The van der Waals surface area contributed by atoms with E-state index in [1.165, 1.54) is 0 Å². The molecule has 2 amide bonds. The molecule has 162 valence electrons. The zero-order valence-electron chi connectivity index (χ0n) is 17.4. The van der Waals surface area contributed by atoms with Crippen molar-refractivity contribution in [3.63, 3.8) is 0 Å². The summed E-state index contributed by atoms with van der Waals surface area (Å²) in [6, 6.07) is 20.7. The molecule has 0 saturated carbocycles. The molecule has 0 spiro atoms. The maximum absolute atomic E-state index is 12.2. The second-order valence-electron chi connectivity index (χ2n) is 6.87. The highest BCUT2D eigenvalue weighted by Crippen LogP contribution is 2.12. The lowest BCUT2D eigenvalue weighted by Gasteiger charge is -2.06. The van der Waals surface area contributed by atoms with Crippen molar-refractivity contribution in [3.8, 4) is 0 Å². The molecule has 0 heterocycles. The molecule has 3 aromatic carbocycles. The van der Waals surface area contributed by atoms with Crippen molar-refractivity contribution in [1.29, 1.82) is 0 Å². The van der Waals surface area contributed by atoms with E-state index in [-0.39, 0.29) is 11.8 Å². The van der Waals surface area contributed by atoms with E-state index < -0.39 is 0 Å². The largest absolute Gasteiger partial charge is 0.271 e. The third kappa shape index (κ3) is 6.26. The van der Waals surface area contributed by atoms with E-state index >= 15 is 0 Å². The highest BCUT2D eigenvalue weighted by molar-refractivity contribution is 6.31. The second-order valence-corrected chi connectivity index (χ2v) is 7.75. The minimum Gasteiger partial charge on any atom is -0.267 e. The van der Waals surface area contributed by atoms with Gasteiger partial charge in [-0.3, -0.25) is 9.59 Å². The molecular formula is C24H20Cl2N4O2. The first kappa shape index (κ1) is 23.2. The molecule has 0 fully saturated rings. The number of hydrazone groups is 2. The molecule has 32 heavy (non-hydrogen) atoms. The molecular weight excluding hydrogens is 447 g/mol. The number of benzene rings is 3. The molecule has 0 aliphatic rings. The molecule has 3 aromatic rings. The van der Waals surface area contributed by atoms with Crippen LogP contribution in [-0.2, 0) is 0 Å². The first-order valence-corrected chi connectivity index (χ1v) is 10.4. The van der Waals surface area contributed by atoms with Gasteiger partial charge in [0.15, 0.2) is 0 Å². The molecule has 0 unspecified atom stereocenters. The van der Waals surface area contributed by atoms with Crippen LogP contribution in [-0.4, -0.2) is 23.2 Å². The molecule has 0 bridgehead atoms. The quantitative estimate of drug-likeness (QED) is 0.381. The van der Waals surface area contributed by atoms with Crippen LogP contribution >= 0.6 is 23.2 Å². The summed E-state index contributed by atoms with van der Waals surface area (Å²) in [6.45, 7) is 3.58. The first-order valence-electron chi connectivity index (χ1n) is 9.64. The van der Waals surface area contributed by atoms with Gasteiger partial charge in [-0.15, -0.1) is 0 Å². The van der Waals surface area contributed by atoms with Gasteiger partial charge in [-0.1, -0.05) is 59.6 Å². The Balaban J connectivity index is 1.63. The van der Waals surface area contributed by atoms with Gasteiger partial charge >= 0.3 is 0 Å². The normalized spacial score (nSPS) is 11.8. The van der Waals surface area contributed by atoms with E-state index in [4.69, 9.17) is 23.2 Å². The summed E-state index contributed by atoms with van der Waals surface area (Å²) in [7, 11) is 0. The summed E-state index contributed by atoms with van der Waals surface area (Å²) in [6.07, 6.45) is 0. The Hall–Kier alpha value is -3.48. The molecule has 0 radical (unpaired) electrons. The molecule has 6 nitrogen and oxygen atoms in total. The lowest BCUT2D eigenvalue weighted by Crippen LogP contribution is -2.19. The monoisotopic (exact) mass is 466 g/mol. The average Bonchev–Trinajstić information content (AvgIpc) is 2.80. The van der Waals surface area contributed by atoms with Crippen molar-refractivity contribution in [2.24, 2.45) is 10.2 Å². The van der Waals surface area contributed by atoms with Gasteiger partial charge in [0.05, 0.1) is 11.4 Å². The summed E-state index contributed by atoms with van der Waals surface area (Å²) in [5, 5.41) is 9.26. The summed E-state index contributed by atoms with van der Waals surface area (Å²) >= 11 is 11.8. The summed E-state index contributed by atoms with van der Waals surface area (Å²) in [5.74, 6) is -0.691. The van der Waals surface area contributed by atoms with Crippen LogP contribution in [0, 0.1) is 0 Å².